The van der Waals surface area contributed by atoms with Crippen LogP contribution in [0.15, 0.2) is 18.2 Å². The number of rotatable bonds is 3. The molecule has 1 fully saturated rings. The standard InChI is InChI=1S/C12H14O2/c1-8-6-10(4-5-11(8)13)12(14)7-9-2-3-9/h4-6,9,13H,2-3,7H2,1H3. The van der Waals surface area contributed by atoms with Crippen molar-refractivity contribution in [3.05, 3.63) is 29.3 Å². The van der Waals surface area contributed by atoms with Crippen molar-refractivity contribution in [3.8, 4) is 5.75 Å². The van der Waals surface area contributed by atoms with E-state index >= 15 is 0 Å². The number of aryl methyl sites for hydroxylation is 1. The van der Waals surface area contributed by atoms with Crippen molar-refractivity contribution in [2.45, 2.75) is 26.2 Å². The first-order chi connectivity index (χ1) is 6.66. The fourth-order valence-corrected chi connectivity index (χ4v) is 1.53. The zero-order valence-corrected chi connectivity index (χ0v) is 8.29. The summed E-state index contributed by atoms with van der Waals surface area (Å²) in [5, 5.41) is 9.31. The van der Waals surface area contributed by atoms with Crippen LogP contribution < -0.4 is 0 Å². The van der Waals surface area contributed by atoms with E-state index in [9.17, 15) is 9.90 Å². The summed E-state index contributed by atoms with van der Waals surface area (Å²) in [4.78, 5) is 11.7. The fourth-order valence-electron chi connectivity index (χ4n) is 1.53. The molecule has 0 amide bonds. The molecule has 0 unspecified atom stereocenters. The highest BCUT2D eigenvalue weighted by Crippen LogP contribution is 2.33. The van der Waals surface area contributed by atoms with E-state index in [4.69, 9.17) is 0 Å². The average Bonchev–Trinajstić information content (AvgIpc) is 2.93. The Hall–Kier alpha value is -1.31. The van der Waals surface area contributed by atoms with E-state index in [0.29, 0.717) is 12.3 Å². The van der Waals surface area contributed by atoms with Crippen LogP contribution in [0.4, 0.5) is 0 Å². The number of carbonyl (C=O) groups is 1. The lowest BCUT2D eigenvalue weighted by Gasteiger charge is -2.02. The van der Waals surface area contributed by atoms with Gasteiger partial charge < -0.3 is 5.11 Å². The number of benzene rings is 1. The zero-order valence-electron chi connectivity index (χ0n) is 8.29. The van der Waals surface area contributed by atoms with E-state index in [-0.39, 0.29) is 11.5 Å². The van der Waals surface area contributed by atoms with Gasteiger partial charge in [0.15, 0.2) is 5.78 Å². The summed E-state index contributed by atoms with van der Waals surface area (Å²) in [5.74, 6) is 1.08. The van der Waals surface area contributed by atoms with Crippen molar-refractivity contribution in [1.29, 1.82) is 0 Å². The van der Waals surface area contributed by atoms with Gasteiger partial charge in [-0.2, -0.15) is 0 Å². The summed E-state index contributed by atoms with van der Waals surface area (Å²) in [5.41, 5.74) is 1.50. The number of Topliss-reactive ketones (excluding diaryl/α,β-unsaturated/α-hetero) is 1. The molecule has 1 aromatic rings. The molecular weight excluding hydrogens is 176 g/mol. The van der Waals surface area contributed by atoms with Crippen LogP contribution in [0.25, 0.3) is 0 Å². The van der Waals surface area contributed by atoms with Crippen LogP contribution >= 0.6 is 0 Å². The molecule has 0 radical (unpaired) electrons. The van der Waals surface area contributed by atoms with Gasteiger partial charge in [0.1, 0.15) is 5.75 Å². The number of phenolic OH excluding ortho intramolecular Hbond substituents is 1. The molecule has 14 heavy (non-hydrogen) atoms. The largest absolute Gasteiger partial charge is 0.508 e. The molecule has 2 nitrogen and oxygen atoms in total. The highest BCUT2D eigenvalue weighted by molar-refractivity contribution is 5.96. The number of carbonyl (C=O) groups excluding carboxylic acids is 1. The van der Waals surface area contributed by atoms with E-state index in [1.165, 1.54) is 12.8 Å². The van der Waals surface area contributed by atoms with E-state index in [1.807, 2.05) is 6.92 Å². The molecule has 0 saturated heterocycles. The first kappa shape index (κ1) is 9.25. The molecule has 1 aliphatic carbocycles. The second-order valence-corrected chi connectivity index (χ2v) is 4.07. The molecule has 0 atom stereocenters. The van der Waals surface area contributed by atoms with Crippen LogP contribution in [0.1, 0.15) is 35.2 Å². The monoisotopic (exact) mass is 190 g/mol. The maximum absolute atomic E-state index is 11.7. The summed E-state index contributed by atoms with van der Waals surface area (Å²) >= 11 is 0. The van der Waals surface area contributed by atoms with Crippen LogP contribution in [0, 0.1) is 12.8 Å². The van der Waals surface area contributed by atoms with Gasteiger partial charge in [0.05, 0.1) is 0 Å². The van der Waals surface area contributed by atoms with Crippen molar-refractivity contribution in [1.82, 2.24) is 0 Å². The average molecular weight is 190 g/mol. The summed E-state index contributed by atoms with van der Waals surface area (Å²) in [6, 6.07) is 5.06. The molecule has 1 aromatic carbocycles. The van der Waals surface area contributed by atoms with Gasteiger partial charge in [0.25, 0.3) is 0 Å². The minimum atomic E-state index is 0.204. The number of hydrogen-bond donors (Lipinski definition) is 1. The Morgan fingerprint density at radius 2 is 2.21 bits per heavy atom. The zero-order chi connectivity index (χ0) is 10.1. The van der Waals surface area contributed by atoms with Gasteiger partial charge in [-0.3, -0.25) is 4.79 Å². The maximum atomic E-state index is 11.7. The van der Waals surface area contributed by atoms with E-state index in [2.05, 4.69) is 0 Å². The summed E-state index contributed by atoms with van der Waals surface area (Å²) in [6.07, 6.45) is 3.07. The second-order valence-electron chi connectivity index (χ2n) is 4.07. The Kier molecular flexibility index (Phi) is 2.28. The predicted octanol–water partition coefficient (Wildman–Crippen LogP) is 2.68. The quantitative estimate of drug-likeness (QED) is 0.744. The molecule has 0 heterocycles. The van der Waals surface area contributed by atoms with Crippen molar-refractivity contribution in [2.75, 3.05) is 0 Å². The Labute approximate surface area is 83.6 Å². The first-order valence-electron chi connectivity index (χ1n) is 4.99. The lowest BCUT2D eigenvalue weighted by molar-refractivity contribution is 0.0976. The van der Waals surface area contributed by atoms with E-state index in [1.54, 1.807) is 18.2 Å². The lowest BCUT2D eigenvalue weighted by Crippen LogP contribution is -2.00. The van der Waals surface area contributed by atoms with Gasteiger partial charge in [-0.05, 0) is 49.4 Å². The molecule has 1 N–H and O–H groups in total. The third-order valence-electron chi connectivity index (χ3n) is 2.69. The molecule has 2 rings (SSSR count). The minimum absolute atomic E-state index is 0.204. The van der Waals surface area contributed by atoms with Gasteiger partial charge in [0, 0.05) is 12.0 Å². The van der Waals surface area contributed by atoms with Crippen molar-refractivity contribution in [2.24, 2.45) is 5.92 Å². The molecule has 0 spiro atoms. The van der Waals surface area contributed by atoms with Gasteiger partial charge in [-0.1, -0.05) is 0 Å². The fraction of sp³-hybridized carbons (Fsp3) is 0.417. The van der Waals surface area contributed by atoms with Gasteiger partial charge in [-0.15, -0.1) is 0 Å². The highest BCUT2D eigenvalue weighted by Gasteiger charge is 2.24. The van der Waals surface area contributed by atoms with Gasteiger partial charge in [-0.25, -0.2) is 0 Å². The number of phenols is 1. The molecule has 2 heteroatoms. The second kappa shape index (κ2) is 3.45. The van der Waals surface area contributed by atoms with Crippen molar-refractivity contribution >= 4 is 5.78 Å². The Balaban J connectivity index is 2.14. The summed E-state index contributed by atoms with van der Waals surface area (Å²) in [6.45, 7) is 1.81. The summed E-state index contributed by atoms with van der Waals surface area (Å²) in [7, 11) is 0. The normalized spacial score (nSPS) is 15.5. The van der Waals surface area contributed by atoms with Crippen LogP contribution in [0.5, 0.6) is 5.75 Å². The minimum Gasteiger partial charge on any atom is -0.508 e. The number of ketones is 1. The maximum Gasteiger partial charge on any atom is 0.163 e. The molecule has 1 aliphatic rings. The SMILES string of the molecule is Cc1cc(C(=O)CC2CC2)ccc1O. The van der Waals surface area contributed by atoms with Crippen LogP contribution in [-0.2, 0) is 0 Å². The smallest absolute Gasteiger partial charge is 0.163 e. The third-order valence-corrected chi connectivity index (χ3v) is 2.69. The third kappa shape index (κ3) is 1.95. The molecule has 0 aliphatic heterocycles. The van der Waals surface area contributed by atoms with Crippen molar-refractivity contribution < 1.29 is 9.90 Å². The van der Waals surface area contributed by atoms with Crippen LogP contribution in [-0.4, -0.2) is 10.9 Å². The highest BCUT2D eigenvalue weighted by atomic mass is 16.3. The Bertz CT molecular complexity index is 365. The number of hydrogen-bond acceptors (Lipinski definition) is 2. The predicted molar refractivity (Wildman–Crippen MR) is 54.5 cm³/mol. The number of aromatic hydroxyl groups is 1. The lowest BCUT2D eigenvalue weighted by atomic mass is 10.0. The van der Waals surface area contributed by atoms with Gasteiger partial charge >= 0.3 is 0 Å². The summed E-state index contributed by atoms with van der Waals surface area (Å²) < 4.78 is 0. The van der Waals surface area contributed by atoms with Crippen LogP contribution in [0.3, 0.4) is 0 Å². The molecule has 74 valence electrons. The Morgan fingerprint density at radius 3 is 2.79 bits per heavy atom. The molecule has 1 saturated carbocycles. The van der Waals surface area contributed by atoms with Crippen LogP contribution in [0.2, 0.25) is 0 Å². The van der Waals surface area contributed by atoms with Gasteiger partial charge in [0.2, 0.25) is 0 Å². The topological polar surface area (TPSA) is 37.3 Å². The molecular formula is C12H14O2. The van der Waals surface area contributed by atoms with Crippen molar-refractivity contribution in [3.63, 3.8) is 0 Å². The molecule has 0 bridgehead atoms. The molecule has 0 aromatic heterocycles. The van der Waals surface area contributed by atoms with E-state index in [0.717, 1.165) is 11.1 Å². The first-order valence-corrected chi connectivity index (χ1v) is 4.99. The Morgan fingerprint density at radius 1 is 1.50 bits per heavy atom. The van der Waals surface area contributed by atoms with E-state index < -0.39 is 0 Å².